The molecule has 0 aliphatic carbocycles. The van der Waals surface area contributed by atoms with Crippen molar-refractivity contribution in [3.05, 3.63) is 57.5 Å². The minimum absolute atomic E-state index is 0.265. The monoisotopic (exact) mass is 286 g/mol. The maximum atomic E-state index is 12.0. The molecule has 0 saturated heterocycles. The number of para-hydroxylation sites is 1. The molecule has 5 nitrogen and oxygen atoms in total. The molecule has 0 bridgehead atoms. The number of aromatic nitrogens is 2. The summed E-state index contributed by atoms with van der Waals surface area (Å²) in [5, 5.41) is 13.2. The van der Waals surface area contributed by atoms with Gasteiger partial charge in [-0.2, -0.15) is 5.10 Å². The van der Waals surface area contributed by atoms with Gasteiger partial charge in [-0.15, -0.1) is 0 Å². The first-order chi connectivity index (χ1) is 9.95. The first kappa shape index (κ1) is 15.0. The van der Waals surface area contributed by atoms with Gasteiger partial charge in [-0.1, -0.05) is 39.0 Å². The molecule has 0 aliphatic heterocycles. The summed E-state index contributed by atoms with van der Waals surface area (Å²) in [5.41, 5.74) is 1.34. The van der Waals surface area contributed by atoms with Crippen molar-refractivity contribution >= 4 is 5.97 Å². The lowest BCUT2D eigenvalue weighted by atomic mass is 10.0. The fraction of sp³-hybridized carbons (Fsp3) is 0.312. The number of nitrogens with zero attached hydrogens (tertiary/aromatic N) is 2. The molecule has 0 amide bonds. The van der Waals surface area contributed by atoms with E-state index in [2.05, 4.69) is 18.9 Å². The zero-order chi connectivity index (χ0) is 15.6. The van der Waals surface area contributed by atoms with Gasteiger partial charge in [0.2, 0.25) is 11.1 Å². The smallest absolute Gasteiger partial charge is 0.360 e. The number of carboxylic acid groups (broad SMARTS) is 1. The number of hydrogen-bond donors (Lipinski definition) is 1. The lowest BCUT2D eigenvalue weighted by Crippen LogP contribution is -2.25. The number of carbonyl (C=O) groups is 1. The van der Waals surface area contributed by atoms with E-state index in [0.29, 0.717) is 12.0 Å². The highest BCUT2D eigenvalue weighted by Gasteiger charge is 2.17. The second-order valence-electron chi connectivity index (χ2n) is 5.15. The SMILES string of the molecule is CCc1cn(-c2ccccc2C(C)C)nc(C(=O)O)c1=O. The Morgan fingerprint density at radius 2 is 2.00 bits per heavy atom. The summed E-state index contributed by atoms with van der Waals surface area (Å²) >= 11 is 0. The van der Waals surface area contributed by atoms with E-state index in [1.165, 1.54) is 4.68 Å². The molecule has 1 N–H and O–H groups in total. The molecule has 5 heteroatoms. The van der Waals surface area contributed by atoms with Crippen LogP contribution in [0.2, 0.25) is 0 Å². The van der Waals surface area contributed by atoms with Gasteiger partial charge in [-0.3, -0.25) is 4.79 Å². The molecule has 0 unspecified atom stereocenters. The standard InChI is InChI=1S/C16H18N2O3/c1-4-11-9-18(17-14(15(11)19)16(20)21)13-8-6-5-7-12(13)10(2)3/h5-10H,4H2,1-3H3,(H,20,21). The molecule has 0 radical (unpaired) electrons. The Morgan fingerprint density at radius 1 is 1.33 bits per heavy atom. The van der Waals surface area contributed by atoms with E-state index < -0.39 is 17.1 Å². The van der Waals surface area contributed by atoms with E-state index in [0.717, 1.165) is 11.3 Å². The highest BCUT2D eigenvalue weighted by atomic mass is 16.4. The Bertz CT molecular complexity index is 733. The molecule has 2 rings (SSSR count). The van der Waals surface area contributed by atoms with Crippen LogP contribution < -0.4 is 5.43 Å². The zero-order valence-corrected chi connectivity index (χ0v) is 12.3. The number of benzene rings is 1. The Kier molecular flexibility index (Phi) is 4.21. The number of rotatable bonds is 4. The van der Waals surface area contributed by atoms with Crippen LogP contribution in [0.3, 0.4) is 0 Å². The van der Waals surface area contributed by atoms with Crippen LogP contribution in [0.25, 0.3) is 5.69 Å². The maximum Gasteiger partial charge on any atom is 0.360 e. The van der Waals surface area contributed by atoms with Crippen LogP contribution in [0, 0.1) is 0 Å². The van der Waals surface area contributed by atoms with E-state index in [-0.39, 0.29) is 5.92 Å². The summed E-state index contributed by atoms with van der Waals surface area (Å²) in [7, 11) is 0. The van der Waals surface area contributed by atoms with Crippen molar-refractivity contribution in [1.29, 1.82) is 0 Å². The van der Waals surface area contributed by atoms with Gasteiger partial charge in [0.05, 0.1) is 5.69 Å². The van der Waals surface area contributed by atoms with Crippen LogP contribution in [-0.2, 0) is 6.42 Å². The molecule has 0 spiro atoms. The van der Waals surface area contributed by atoms with Crippen molar-refractivity contribution < 1.29 is 9.90 Å². The fourth-order valence-electron chi connectivity index (χ4n) is 2.24. The van der Waals surface area contributed by atoms with E-state index in [1.54, 1.807) is 6.20 Å². The lowest BCUT2D eigenvalue weighted by molar-refractivity contribution is 0.0686. The van der Waals surface area contributed by atoms with E-state index in [1.807, 2.05) is 31.2 Å². The molecule has 110 valence electrons. The van der Waals surface area contributed by atoms with Gasteiger partial charge < -0.3 is 5.11 Å². The number of hydrogen-bond acceptors (Lipinski definition) is 3. The Morgan fingerprint density at radius 3 is 2.57 bits per heavy atom. The van der Waals surface area contributed by atoms with Crippen LogP contribution in [0.15, 0.2) is 35.3 Å². The first-order valence-corrected chi connectivity index (χ1v) is 6.91. The fourth-order valence-corrected chi connectivity index (χ4v) is 2.24. The molecule has 1 aromatic heterocycles. The third kappa shape index (κ3) is 2.86. The predicted octanol–water partition coefficient (Wildman–Crippen LogP) is 2.62. The Hall–Kier alpha value is -2.43. The molecule has 0 aliphatic rings. The summed E-state index contributed by atoms with van der Waals surface area (Å²) < 4.78 is 1.50. The molecule has 1 heterocycles. The zero-order valence-electron chi connectivity index (χ0n) is 12.3. The molecule has 1 aromatic carbocycles. The highest BCUT2D eigenvalue weighted by Crippen LogP contribution is 2.22. The van der Waals surface area contributed by atoms with Crippen molar-refractivity contribution in [3.63, 3.8) is 0 Å². The van der Waals surface area contributed by atoms with E-state index >= 15 is 0 Å². The molecule has 0 fully saturated rings. The third-order valence-electron chi connectivity index (χ3n) is 3.38. The summed E-state index contributed by atoms with van der Waals surface area (Å²) in [4.78, 5) is 23.2. The second kappa shape index (κ2) is 5.91. The number of aromatic carboxylic acids is 1. The van der Waals surface area contributed by atoms with Gasteiger partial charge in [-0.25, -0.2) is 9.48 Å². The van der Waals surface area contributed by atoms with Crippen molar-refractivity contribution in [3.8, 4) is 5.69 Å². The number of carboxylic acids is 1. The summed E-state index contributed by atoms with van der Waals surface area (Å²) in [6.07, 6.45) is 2.08. The van der Waals surface area contributed by atoms with Crippen LogP contribution in [0.1, 0.15) is 48.3 Å². The van der Waals surface area contributed by atoms with E-state index in [4.69, 9.17) is 5.11 Å². The minimum atomic E-state index is -1.30. The summed E-state index contributed by atoms with van der Waals surface area (Å²) in [5.74, 6) is -1.04. The average Bonchev–Trinajstić information content (AvgIpc) is 2.47. The summed E-state index contributed by atoms with van der Waals surface area (Å²) in [6.45, 7) is 5.93. The van der Waals surface area contributed by atoms with Gasteiger partial charge >= 0.3 is 5.97 Å². The second-order valence-corrected chi connectivity index (χ2v) is 5.15. The first-order valence-electron chi connectivity index (χ1n) is 6.91. The largest absolute Gasteiger partial charge is 0.476 e. The molecule has 2 aromatic rings. The molecular weight excluding hydrogens is 268 g/mol. The van der Waals surface area contributed by atoms with Crippen molar-refractivity contribution in [2.45, 2.75) is 33.1 Å². The van der Waals surface area contributed by atoms with Gasteiger partial charge in [0.15, 0.2) is 0 Å². The minimum Gasteiger partial charge on any atom is -0.476 e. The average molecular weight is 286 g/mol. The van der Waals surface area contributed by atoms with E-state index in [9.17, 15) is 9.59 Å². The van der Waals surface area contributed by atoms with Gasteiger partial charge in [0.25, 0.3) is 0 Å². The van der Waals surface area contributed by atoms with Gasteiger partial charge in [-0.05, 0) is 24.0 Å². The Labute approximate surface area is 122 Å². The van der Waals surface area contributed by atoms with Gasteiger partial charge in [0, 0.05) is 11.8 Å². The van der Waals surface area contributed by atoms with Gasteiger partial charge in [0.1, 0.15) is 0 Å². The number of aryl methyl sites for hydroxylation is 1. The Balaban J connectivity index is 2.73. The highest BCUT2D eigenvalue weighted by molar-refractivity contribution is 5.85. The normalized spacial score (nSPS) is 10.9. The van der Waals surface area contributed by atoms with Crippen LogP contribution in [-0.4, -0.2) is 20.9 Å². The molecule has 0 atom stereocenters. The molecule has 21 heavy (non-hydrogen) atoms. The topological polar surface area (TPSA) is 72.2 Å². The molecule has 0 saturated carbocycles. The van der Waals surface area contributed by atoms with Crippen LogP contribution in [0.4, 0.5) is 0 Å². The lowest BCUT2D eigenvalue weighted by Gasteiger charge is -2.15. The predicted molar refractivity (Wildman–Crippen MR) is 80.3 cm³/mol. The van der Waals surface area contributed by atoms with Crippen molar-refractivity contribution in [2.24, 2.45) is 0 Å². The molecular formula is C16H18N2O3. The third-order valence-corrected chi connectivity index (χ3v) is 3.38. The van der Waals surface area contributed by atoms with Crippen molar-refractivity contribution in [1.82, 2.24) is 9.78 Å². The quantitative estimate of drug-likeness (QED) is 0.937. The summed E-state index contributed by atoms with van der Waals surface area (Å²) in [6, 6.07) is 7.65. The van der Waals surface area contributed by atoms with Crippen molar-refractivity contribution in [2.75, 3.05) is 0 Å². The van der Waals surface area contributed by atoms with Crippen LogP contribution >= 0.6 is 0 Å². The maximum absolute atomic E-state index is 12.0. The van der Waals surface area contributed by atoms with Crippen LogP contribution in [0.5, 0.6) is 0 Å².